The summed E-state index contributed by atoms with van der Waals surface area (Å²) in [6, 6.07) is 15.3. The Labute approximate surface area is 200 Å². The first-order valence-corrected chi connectivity index (χ1v) is 11.6. The van der Waals surface area contributed by atoms with Gasteiger partial charge in [0.05, 0.1) is 6.61 Å². The highest BCUT2D eigenvalue weighted by Crippen LogP contribution is 2.30. The van der Waals surface area contributed by atoms with Crippen LogP contribution in [0.15, 0.2) is 48.5 Å². The smallest absolute Gasteiger partial charge is 0.252 e. The second-order valence-corrected chi connectivity index (χ2v) is 10.9. The highest BCUT2D eigenvalue weighted by atomic mass is 35.6. The zero-order chi connectivity index (χ0) is 23.1. The zero-order valence-electron chi connectivity index (χ0n) is 18.5. The molecule has 1 amide bonds. The Morgan fingerprint density at radius 3 is 1.97 bits per heavy atom. The number of carbonyl (C=O) groups excluding carboxylic acids is 1. The highest BCUT2D eigenvalue weighted by Gasteiger charge is 2.36. The van der Waals surface area contributed by atoms with Crippen LogP contribution in [0.3, 0.4) is 0 Å². The van der Waals surface area contributed by atoms with Crippen LogP contribution >= 0.6 is 34.8 Å². The molecular weight excluding hydrogens is 455 g/mol. The lowest BCUT2D eigenvalue weighted by Crippen LogP contribution is -2.58. The monoisotopic (exact) mass is 484 g/mol. The minimum Gasteiger partial charge on any atom is -0.494 e. The average molecular weight is 486 g/mol. The molecule has 0 aliphatic heterocycles. The van der Waals surface area contributed by atoms with E-state index < -0.39 is 9.96 Å². The van der Waals surface area contributed by atoms with Crippen molar-refractivity contribution in [3.63, 3.8) is 0 Å². The van der Waals surface area contributed by atoms with Crippen LogP contribution in [-0.4, -0.2) is 28.0 Å². The van der Waals surface area contributed by atoms with E-state index in [2.05, 4.69) is 17.6 Å². The van der Waals surface area contributed by atoms with Gasteiger partial charge in [-0.15, -0.1) is 0 Å². The van der Waals surface area contributed by atoms with Crippen LogP contribution in [0.4, 0.5) is 0 Å². The first-order chi connectivity index (χ1) is 14.5. The number of benzene rings is 2. The van der Waals surface area contributed by atoms with Gasteiger partial charge in [-0.05, 0) is 62.6 Å². The molecule has 0 heterocycles. The van der Waals surface area contributed by atoms with Gasteiger partial charge >= 0.3 is 0 Å². The van der Waals surface area contributed by atoms with Gasteiger partial charge < -0.3 is 10.1 Å². The number of nitrogens with one attached hydrogen (secondary N) is 2. The van der Waals surface area contributed by atoms with Gasteiger partial charge in [-0.2, -0.15) is 0 Å². The summed E-state index contributed by atoms with van der Waals surface area (Å²) in [6.07, 6.45) is 2.57. The molecule has 170 valence electrons. The van der Waals surface area contributed by atoms with Gasteiger partial charge in [0.1, 0.15) is 11.9 Å². The van der Waals surface area contributed by atoms with Gasteiger partial charge in [0, 0.05) is 11.1 Å². The van der Waals surface area contributed by atoms with Gasteiger partial charge in [-0.25, -0.2) is 0 Å². The summed E-state index contributed by atoms with van der Waals surface area (Å²) in [5, 5.41) is 5.88. The molecular formula is C24H31Cl3N2O2. The second-order valence-electron chi connectivity index (χ2n) is 8.50. The van der Waals surface area contributed by atoms with Crippen LogP contribution in [0, 0.1) is 0 Å². The van der Waals surface area contributed by atoms with Crippen LogP contribution in [0.25, 0.3) is 11.1 Å². The molecule has 0 radical (unpaired) electrons. The average Bonchev–Trinajstić information content (AvgIpc) is 2.70. The third-order valence-electron chi connectivity index (χ3n) is 4.53. The Bertz CT molecular complexity index is 826. The van der Waals surface area contributed by atoms with Gasteiger partial charge in [-0.1, -0.05) is 78.8 Å². The van der Waals surface area contributed by atoms with Crippen LogP contribution in [0.2, 0.25) is 0 Å². The van der Waals surface area contributed by atoms with Gasteiger partial charge in [0.2, 0.25) is 3.79 Å². The lowest BCUT2D eigenvalue weighted by Gasteiger charge is -2.33. The molecule has 31 heavy (non-hydrogen) atoms. The maximum Gasteiger partial charge on any atom is 0.252 e. The third-order valence-corrected chi connectivity index (χ3v) is 5.19. The van der Waals surface area contributed by atoms with E-state index in [0.717, 1.165) is 29.9 Å². The van der Waals surface area contributed by atoms with E-state index in [4.69, 9.17) is 39.5 Å². The van der Waals surface area contributed by atoms with Gasteiger partial charge in [-0.3, -0.25) is 10.1 Å². The largest absolute Gasteiger partial charge is 0.494 e. The summed E-state index contributed by atoms with van der Waals surface area (Å²) in [7, 11) is 0. The number of ether oxygens (including phenoxy) is 1. The van der Waals surface area contributed by atoms with Crippen molar-refractivity contribution >= 4 is 40.7 Å². The van der Waals surface area contributed by atoms with Crippen molar-refractivity contribution in [2.45, 2.75) is 62.5 Å². The molecule has 2 aromatic carbocycles. The summed E-state index contributed by atoms with van der Waals surface area (Å²) in [4.78, 5) is 12.7. The fraction of sp³-hybridized carbons (Fsp3) is 0.458. The van der Waals surface area contributed by atoms with E-state index in [0.29, 0.717) is 5.56 Å². The predicted octanol–water partition coefficient (Wildman–Crippen LogP) is 6.74. The third kappa shape index (κ3) is 8.89. The minimum atomic E-state index is -1.69. The quantitative estimate of drug-likeness (QED) is 0.235. The molecule has 0 saturated heterocycles. The normalized spacial score (nSPS) is 13.0. The molecule has 2 rings (SSSR count). The van der Waals surface area contributed by atoms with Crippen LogP contribution < -0.4 is 15.4 Å². The highest BCUT2D eigenvalue weighted by molar-refractivity contribution is 6.68. The maximum absolute atomic E-state index is 12.7. The van der Waals surface area contributed by atoms with Crippen molar-refractivity contribution in [3.8, 4) is 16.9 Å². The van der Waals surface area contributed by atoms with Crippen LogP contribution in [0.5, 0.6) is 5.75 Å². The molecule has 4 nitrogen and oxygen atoms in total. The molecule has 0 saturated carbocycles. The van der Waals surface area contributed by atoms with E-state index in [1.807, 2.05) is 57.2 Å². The Morgan fingerprint density at radius 2 is 1.48 bits per heavy atom. The Balaban J connectivity index is 2.02. The molecule has 2 N–H and O–H groups in total. The minimum absolute atomic E-state index is 0.324. The Hall–Kier alpha value is -1.46. The van der Waals surface area contributed by atoms with E-state index in [1.54, 1.807) is 12.1 Å². The molecule has 0 spiro atoms. The topological polar surface area (TPSA) is 50.4 Å². The number of carbonyl (C=O) groups is 1. The van der Waals surface area contributed by atoms with Crippen LogP contribution in [-0.2, 0) is 0 Å². The van der Waals surface area contributed by atoms with E-state index in [1.165, 1.54) is 12.8 Å². The number of alkyl halides is 3. The molecule has 0 bridgehead atoms. The molecule has 1 unspecified atom stereocenters. The summed E-state index contributed by atoms with van der Waals surface area (Å²) in [6.45, 7) is 8.69. The lowest BCUT2D eigenvalue weighted by atomic mass is 10.0. The fourth-order valence-corrected chi connectivity index (χ4v) is 3.27. The van der Waals surface area contributed by atoms with Gasteiger partial charge in [0.15, 0.2) is 0 Å². The first kappa shape index (κ1) is 25.8. The predicted molar refractivity (Wildman–Crippen MR) is 131 cm³/mol. The Morgan fingerprint density at radius 1 is 0.935 bits per heavy atom. The van der Waals surface area contributed by atoms with Crippen molar-refractivity contribution in [2.24, 2.45) is 0 Å². The number of rotatable bonds is 9. The standard InChI is InChI=1S/C24H31Cl3N2O2/c1-5-6-7-16-31-20-14-12-18(13-15-20)17-8-10-19(11-9-17)21(30)28-22(24(25,26)27)29-23(2,3)4/h8-15,22,29H,5-7,16H2,1-4H3,(H,28,30). The summed E-state index contributed by atoms with van der Waals surface area (Å²) in [5.74, 6) is 0.537. The number of halogens is 3. The molecule has 0 aliphatic carbocycles. The van der Waals surface area contributed by atoms with E-state index >= 15 is 0 Å². The van der Waals surface area contributed by atoms with Crippen molar-refractivity contribution in [3.05, 3.63) is 54.1 Å². The van der Waals surface area contributed by atoms with Crippen molar-refractivity contribution < 1.29 is 9.53 Å². The molecule has 0 aromatic heterocycles. The summed E-state index contributed by atoms with van der Waals surface area (Å²) < 4.78 is 4.07. The number of unbranched alkanes of at least 4 members (excludes halogenated alkanes) is 2. The van der Waals surface area contributed by atoms with E-state index in [9.17, 15) is 4.79 Å². The zero-order valence-corrected chi connectivity index (χ0v) is 20.7. The van der Waals surface area contributed by atoms with Crippen molar-refractivity contribution in [1.29, 1.82) is 0 Å². The molecule has 2 aromatic rings. The fourth-order valence-electron chi connectivity index (χ4n) is 2.95. The van der Waals surface area contributed by atoms with Crippen molar-refractivity contribution in [1.82, 2.24) is 10.6 Å². The Kier molecular flexibility index (Phi) is 9.50. The van der Waals surface area contributed by atoms with E-state index in [-0.39, 0.29) is 11.4 Å². The summed E-state index contributed by atoms with van der Waals surface area (Å²) >= 11 is 18.1. The summed E-state index contributed by atoms with van der Waals surface area (Å²) in [5.41, 5.74) is 2.17. The van der Waals surface area contributed by atoms with Gasteiger partial charge in [0.25, 0.3) is 5.91 Å². The molecule has 1 atom stereocenters. The number of hydrogen-bond acceptors (Lipinski definition) is 3. The second kappa shape index (κ2) is 11.4. The van der Waals surface area contributed by atoms with Crippen molar-refractivity contribution in [2.75, 3.05) is 6.61 Å². The number of amides is 1. The first-order valence-electron chi connectivity index (χ1n) is 10.5. The molecule has 7 heteroatoms. The SMILES string of the molecule is CCCCCOc1ccc(-c2ccc(C(=O)NC(NC(C)(C)C)C(Cl)(Cl)Cl)cc2)cc1. The maximum atomic E-state index is 12.7. The molecule has 0 fully saturated rings. The van der Waals surface area contributed by atoms with Crippen LogP contribution in [0.1, 0.15) is 57.3 Å². The number of hydrogen-bond donors (Lipinski definition) is 2. The lowest BCUT2D eigenvalue weighted by molar-refractivity contribution is 0.0922. The molecule has 0 aliphatic rings.